The molecule has 1 heterocycles. The molecule has 1 aromatic heterocycles. The summed E-state index contributed by atoms with van der Waals surface area (Å²) in [6.07, 6.45) is 0. The minimum atomic E-state index is 0.814. The van der Waals surface area contributed by atoms with Gasteiger partial charge in [-0.3, -0.25) is 0 Å². The molecule has 26 heavy (non-hydrogen) atoms. The van der Waals surface area contributed by atoms with E-state index < -0.39 is 0 Å². The summed E-state index contributed by atoms with van der Waals surface area (Å²) in [4.78, 5) is 0. The van der Waals surface area contributed by atoms with Gasteiger partial charge in [0.05, 0.1) is 12.7 Å². The molecular formula is C21H25N3OS. The lowest BCUT2D eigenvalue weighted by Gasteiger charge is -2.12. The van der Waals surface area contributed by atoms with Crippen LogP contribution in [-0.4, -0.2) is 21.9 Å². The van der Waals surface area contributed by atoms with Gasteiger partial charge in [0, 0.05) is 12.3 Å². The fourth-order valence-electron chi connectivity index (χ4n) is 3.28. The van der Waals surface area contributed by atoms with Crippen molar-refractivity contribution in [1.29, 1.82) is 0 Å². The molecule has 0 atom stereocenters. The van der Waals surface area contributed by atoms with E-state index in [9.17, 15) is 0 Å². The number of aryl methyl sites for hydroxylation is 3. The van der Waals surface area contributed by atoms with Crippen LogP contribution in [0, 0.1) is 20.8 Å². The van der Waals surface area contributed by atoms with Gasteiger partial charge in [0.2, 0.25) is 0 Å². The Hall–Kier alpha value is -2.27. The Morgan fingerprint density at radius 1 is 1.04 bits per heavy atom. The Labute approximate surface area is 159 Å². The Bertz CT molecular complexity index is 894. The minimum Gasteiger partial charge on any atom is -0.496 e. The minimum absolute atomic E-state index is 0.814. The summed E-state index contributed by atoms with van der Waals surface area (Å²) in [6, 6.07) is 12.4. The molecular weight excluding hydrogens is 342 g/mol. The number of para-hydroxylation sites is 1. The van der Waals surface area contributed by atoms with Crippen LogP contribution in [0.25, 0.3) is 11.4 Å². The standard InChI is InChI=1S/C21H25N3OS/c1-6-24-20(17-9-7-8-10-19(17)25-5)22-23-21(24)26-13-18-15(3)11-14(2)12-16(18)4/h7-12H,6,13H2,1-5H3. The molecule has 0 unspecified atom stereocenters. The van der Waals surface area contributed by atoms with Crippen LogP contribution in [0.2, 0.25) is 0 Å². The highest BCUT2D eigenvalue weighted by atomic mass is 32.2. The van der Waals surface area contributed by atoms with E-state index in [1.807, 2.05) is 24.3 Å². The van der Waals surface area contributed by atoms with Gasteiger partial charge < -0.3 is 9.30 Å². The third-order valence-corrected chi connectivity index (χ3v) is 5.56. The van der Waals surface area contributed by atoms with Crippen molar-refractivity contribution in [2.24, 2.45) is 0 Å². The van der Waals surface area contributed by atoms with Gasteiger partial charge in [0.15, 0.2) is 11.0 Å². The van der Waals surface area contributed by atoms with E-state index in [-0.39, 0.29) is 0 Å². The van der Waals surface area contributed by atoms with Gasteiger partial charge in [-0.2, -0.15) is 0 Å². The van der Waals surface area contributed by atoms with Crippen LogP contribution in [0.5, 0.6) is 5.75 Å². The fourth-order valence-corrected chi connectivity index (χ4v) is 4.48. The van der Waals surface area contributed by atoms with Crippen LogP contribution in [-0.2, 0) is 12.3 Å². The Morgan fingerprint density at radius 2 is 1.73 bits per heavy atom. The van der Waals surface area contributed by atoms with Crippen molar-refractivity contribution in [2.75, 3.05) is 7.11 Å². The lowest BCUT2D eigenvalue weighted by molar-refractivity contribution is 0.416. The molecule has 0 radical (unpaired) electrons. The van der Waals surface area contributed by atoms with E-state index in [2.05, 4.69) is 54.6 Å². The van der Waals surface area contributed by atoms with Crippen LogP contribution >= 0.6 is 11.8 Å². The molecule has 4 nitrogen and oxygen atoms in total. The molecule has 3 aromatic rings. The number of methoxy groups -OCH3 is 1. The molecule has 0 aliphatic heterocycles. The van der Waals surface area contributed by atoms with E-state index in [0.29, 0.717) is 0 Å². The van der Waals surface area contributed by atoms with Gasteiger partial charge in [-0.1, -0.05) is 41.6 Å². The molecule has 5 heteroatoms. The average Bonchev–Trinajstić information content (AvgIpc) is 3.03. The normalized spacial score (nSPS) is 11.0. The van der Waals surface area contributed by atoms with Crippen molar-refractivity contribution in [2.45, 2.75) is 45.1 Å². The molecule has 136 valence electrons. The highest BCUT2D eigenvalue weighted by molar-refractivity contribution is 7.98. The van der Waals surface area contributed by atoms with Crippen molar-refractivity contribution < 1.29 is 4.74 Å². The maximum absolute atomic E-state index is 5.49. The second kappa shape index (κ2) is 7.96. The molecule has 0 bridgehead atoms. The van der Waals surface area contributed by atoms with Crippen molar-refractivity contribution in [3.05, 3.63) is 58.7 Å². The first kappa shape index (κ1) is 18.5. The third-order valence-electron chi connectivity index (χ3n) is 4.57. The lowest BCUT2D eigenvalue weighted by Crippen LogP contribution is -2.01. The van der Waals surface area contributed by atoms with Crippen molar-refractivity contribution in [1.82, 2.24) is 14.8 Å². The molecule has 0 saturated heterocycles. The number of rotatable bonds is 6. The average molecular weight is 368 g/mol. The number of aromatic nitrogens is 3. The summed E-state index contributed by atoms with van der Waals surface area (Å²) in [5.74, 6) is 2.56. The topological polar surface area (TPSA) is 39.9 Å². The molecule has 2 aromatic carbocycles. The third kappa shape index (κ3) is 3.63. The summed E-state index contributed by atoms with van der Waals surface area (Å²) in [5.41, 5.74) is 6.33. The number of hydrogen-bond donors (Lipinski definition) is 0. The van der Waals surface area contributed by atoms with Crippen LogP contribution < -0.4 is 4.74 Å². The van der Waals surface area contributed by atoms with E-state index in [0.717, 1.165) is 34.6 Å². The molecule has 0 N–H and O–H groups in total. The van der Waals surface area contributed by atoms with E-state index in [4.69, 9.17) is 4.74 Å². The molecule has 0 spiro atoms. The zero-order chi connectivity index (χ0) is 18.7. The maximum atomic E-state index is 5.49. The Morgan fingerprint density at radius 3 is 2.38 bits per heavy atom. The van der Waals surface area contributed by atoms with Crippen LogP contribution in [0.15, 0.2) is 41.6 Å². The fraction of sp³-hybridized carbons (Fsp3) is 0.333. The van der Waals surface area contributed by atoms with Crippen molar-refractivity contribution in [3.63, 3.8) is 0 Å². The first-order valence-corrected chi connectivity index (χ1v) is 9.79. The SMILES string of the molecule is CCn1c(SCc2c(C)cc(C)cc2C)nnc1-c1ccccc1OC. The maximum Gasteiger partial charge on any atom is 0.191 e. The summed E-state index contributed by atoms with van der Waals surface area (Å²) in [5, 5.41) is 9.84. The van der Waals surface area contributed by atoms with Crippen LogP contribution in [0.3, 0.4) is 0 Å². The van der Waals surface area contributed by atoms with Gasteiger partial charge >= 0.3 is 0 Å². The van der Waals surface area contributed by atoms with Crippen molar-refractivity contribution >= 4 is 11.8 Å². The molecule has 0 fully saturated rings. The first-order valence-electron chi connectivity index (χ1n) is 8.81. The lowest BCUT2D eigenvalue weighted by atomic mass is 10.0. The van der Waals surface area contributed by atoms with Gasteiger partial charge in [-0.05, 0) is 56.5 Å². The monoisotopic (exact) mass is 367 g/mol. The first-order chi connectivity index (χ1) is 12.5. The predicted octanol–water partition coefficient (Wildman–Crippen LogP) is 5.19. The number of benzene rings is 2. The zero-order valence-corrected chi connectivity index (χ0v) is 16.9. The Kier molecular flexibility index (Phi) is 5.67. The van der Waals surface area contributed by atoms with Crippen LogP contribution in [0.4, 0.5) is 0 Å². The number of thioether (sulfide) groups is 1. The second-order valence-electron chi connectivity index (χ2n) is 6.42. The van der Waals surface area contributed by atoms with Gasteiger partial charge in [-0.25, -0.2) is 0 Å². The summed E-state index contributed by atoms with van der Waals surface area (Å²) in [6.45, 7) is 9.44. The largest absolute Gasteiger partial charge is 0.496 e. The Balaban J connectivity index is 1.90. The highest BCUT2D eigenvalue weighted by Gasteiger charge is 2.17. The number of hydrogen-bond acceptors (Lipinski definition) is 4. The molecule has 0 aliphatic rings. The van der Waals surface area contributed by atoms with Gasteiger partial charge in [0.1, 0.15) is 5.75 Å². The van der Waals surface area contributed by atoms with Crippen molar-refractivity contribution in [3.8, 4) is 17.1 Å². The van der Waals surface area contributed by atoms with E-state index in [1.165, 1.54) is 22.3 Å². The van der Waals surface area contributed by atoms with E-state index in [1.54, 1.807) is 18.9 Å². The predicted molar refractivity (Wildman–Crippen MR) is 108 cm³/mol. The summed E-state index contributed by atoms with van der Waals surface area (Å²) >= 11 is 1.74. The van der Waals surface area contributed by atoms with Gasteiger partial charge in [0.25, 0.3) is 0 Å². The molecule has 3 rings (SSSR count). The molecule has 0 amide bonds. The highest BCUT2D eigenvalue weighted by Crippen LogP contribution is 2.32. The van der Waals surface area contributed by atoms with E-state index >= 15 is 0 Å². The molecule has 0 aliphatic carbocycles. The second-order valence-corrected chi connectivity index (χ2v) is 7.36. The van der Waals surface area contributed by atoms with Gasteiger partial charge in [-0.15, -0.1) is 10.2 Å². The molecule has 0 saturated carbocycles. The number of nitrogens with zero attached hydrogens (tertiary/aromatic N) is 3. The summed E-state index contributed by atoms with van der Waals surface area (Å²) in [7, 11) is 1.68. The zero-order valence-electron chi connectivity index (χ0n) is 16.0. The summed E-state index contributed by atoms with van der Waals surface area (Å²) < 4.78 is 7.65. The number of ether oxygens (including phenoxy) is 1. The smallest absolute Gasteiger partial charge is 0.191 e. The van der Waals surface area contributed by atoms with Crippen LogP contribution in [0.1, 0.15) is 29.2 Å². The quantitative estimate of drug-likeness (QED) is 0.562.